The molecule has 0 amide bonds. The van der Waals surface area contributed by atoms with Crippen molar-refractivity contribution in [1.29, 1.82) is 0 Å². The third-order valence-corrected chi connectivity index (χ3v) is 4.00. The maximum atomic E-state index is 5.31. The molecule has 0 bridgehead atoms. The van der Waals surface area contributed by atoms with Crippen LogP contribution in [0.3, 0.4) is 0 Å². The Balaban J connectivity index is 1.66. The molecule has 0 aromatic carbocycles. The SMILES string of the molecule is C=CB1OP(OB(C=C)OP2OB(C=C)O2)O1. The van der Waals surface area contributed by atoms with Crippen LogP contribution in [0.15, 0.2) is 37.7 Å². The first-order chi connectivity index (χ1) is 8.25. The lowest BCUT2D eigenvalue weighted by Crippen LogP contribution is -2.33. The highest BCUT2D eigenvalue weighted by Gasteiger charge is 2.43. The van der Waals surface area contributed by atoms with Crippen molar-refractivity contribution >= 4 is 38.6 Å². The van der Waals surface area contributed by atoms with E-state index >= 15 is 0 Å². The fraction of sp³-hybridized carbons (Fsp3) is 0. The lowest BCUT2D eigenvalue weighted by Gasteiger charge is -2.33. The lowest BCUT2D eigenvalue weighted by molar-refractivity contribution is 0.252. The molecule has 0 saturated carbocycles. The minimum atomic E-state index is -1.40. The van der Waals surface area contributed by atoms with Crippen LogP contribution >= 0.6 is 17.2 Å². The van der Waals surface area contributed by atoms with Gasteiger partial charge in [-0.05, 0) is 0 Å². The van der Waals surface area contributed by atoms with Crippen LogP contribution in [0.4, 0.5) is 0 Å². The van der Waals surface area contributed by atoms with Crippen molar-refractivity contribution in [1.82, 2.24) is 0 Å². The van der Waals surface area contributed by atoms with Gasteiger partial charge in [0, 0.05) is 0 Å². The van der Waals surface area contributed by atoms with E-state index in [-0.39, 0.29) is 0 Å². The van der Waals surface area contributed by atoms with Crippen LogP contribution < -0.4 is 0 Å². The van der Waals surface area contributed by atoms with Crippen molar-refractivity contribution in [3.63, 3.8) is 0 Å². The number of hydrogen-bond acceptors (Lipinski definition) is 6. The molecule has 2 rings (SSSR count). The van der Waals surface area contributed by atoms with Crippen LogP contribution in [-0.2, 0) is 26.6 Å². The van der Waals surface area contributed by atoms with E-state index in [1.165, 1.54) is 17.9 Å². The predicted molar refractivity (Wildman–Crippen MR) is 68.2 cm³/mol. The van der Waals surface area contributed by atoms with Crippen molar-refractivity contribution in [2.24, 2.45) is 0 Å². The van der Waals surface area contributed by atoms with Crippen molar-refractivity contribution in [2.75, 3.05) is 0 Å². The Morgan fingerprint density at radius 1 is 0.882 bits per heavy atom. The van der Waals surface area contributed by atoms with Crippen LogP contribution in [0.1, 0.15) is 0 Å². The van der Waals surface area contributed by atoms with E-state index in [0.717, 1.165) is 0 Å². The minimum absolute atomic E-state index is 0.404. The molecule has 2 aliphatic rings. The average Bonchev–Trinajstić information content (AvgIpc) is 2.24. The van der Waals surface area contributed by atoms with E-state index in [9.17, 15) is 0 Å². The molecule has 0 aromatic rings. The van der Waals surface area contributed by atoms with E-state index in [1.807, 2.05) is 0 Å². The second-order valence-electron chi connectivity index (χ2n) is 2.89. The highest BCUT2D eigenvalue weighted by atomic mass is 31.2. The molecule has 0 unspecified atom stereocenters. The molecule has 0 radical (unpaired) electrons. The van der Waals surface area contributed by atoms with Gasteiger partial charge in [-0.3, -0.25) is 0 Å². The molecular formula is C6H9B3O6P2. The molecule has 2 aliphatic heterocycles. The standard InChI is InChI=1S/C6H9B3O6P2/c1-4-7-10-16(11-7)14-9(6-3)15-17-12-8(5-2)13-17/h4-6H,1-3H2. The maximum Gasteiger partial charge on any atom is 0.498 e. The quantitative estimate of drug-likeness (QED) is 0.523. The molecular weight excluding hydrogens is 262 g/mol. The summed E-state index contributed by atoms with van der Waals surface area (Å²) in [6.45, 7) is 10.6. The first-order valence-electron chi connectivity index (χ1n) is 4.73. The van der Waals surface area contributed by atoms with Gasteiger partial charge in [-0.1, -0.05) is 17.9 Å². The summed E-state index contributed by atoms with van der Waals surface area (Å²) in [7, 11) is -4.30. The largest absolute Gasteiger partial charge is 0.498 e. The summed E-state index contributed by atoms with van der Waals surface area (Å²) in [4.78, 5) is 0. The smallest absolute Gasteiger partial charge is 0.341 e. The second kappa shape index (κ2) is 6.27. The lowest BCUT2D eigenvalue weighted by atomic mass is 9.93. The highest BCUT2D eigenvalue weighted by molar-refractivity contribution is 7.51. The average molecular weight is 272 g/mol. The zero-order valence-electron chi connectivity index (χ0n) is 8.93. The third kappa shape index (κ3) is 3.50. The van der Waals surface area contributed by atoms with Gasteiger partial charge in [0.15, 0.2) is 0 Å². The Hall–Kier alpha value is 0.0348. The van der Waals surface area contributed by atoms with Gasteiger partial charge in [0.1, 0.15) is 0 Å². The van der Waals surface area contributed by atoms with Gasteiger partial charge in [-0.2, -0.15) is 0 Å². The molecule has 0 spiro atoms. The van der Waals surface area contributed by atoms with Gasteiger partial charge in [-0.25, -0.2) is 0 Å². The van der Waals surface area contributed by atoms with E-state index in [4.69, 9.17) is 26.6 Å². The molecule has 0 aliphatic carbocycles. The zero-order chi connectivity index (χ0) is 12.3. The van der Waals surface area contributed by atoms with Gasteiger partial charge in [0.25, 0.3) is 17.2 Å². The Labute approximate surface area is 103 Å². The Morgan fingerprint density at radius 2 is 1.29 bits per heavy atom. The van der Waals surface area contributed by atoms with E-state index in [0.29, 0.717) is 0 Å². The molecule has 6 nitrogen and oxygen atoms in total. The fourth-order valence-electron chi connectivity index (χ4n) is 0.902. The molecule has 0 atom stereocenters. The molecule has 0 N–H and O–H groups in total. The number of rotatable bonds is 7. The Bertz CT molecular complexity index is 282. The van der Waals surface area contributed by atoms with Crippen molar-refractivity contribution in [3.05, 3.63) is 37.7 Å². The van der Waals surface area contributed by atoms with E-state index in [1.54, 1.807) is 0 Å². The summed E-state index contributed by atoms with van der Waals surface area (Å²) in [5.41, 5.74) is 0. The van der Waals surface area contributed by atoms with E-state index in [2.05, 4.69) is 19.7 Å². The monoisotopic (exact) mass is 272 g/mol. The van der Waals surface area contributed by atoms with Gasteiger partial charge >= 0.3 is 21.4 Å². The molecule has 17 heavy (non-hydrogen) atoms. The van der Waals surface area contributed by atoms with Crippen LogP contribution in [-0.4, -0.2) is 21.4 Å². The third-order valence-electron chi connectivity index (χ3n) is 1.72. The van der Waals surface area contributed by atoms with Crippen LogP contribution in [0.2, 0.25) is 0 Å². The Morgan fingerprint density at radius 3 is 1.59 bits per heavy atom. The maximum absolute atomic E-state index is 5.31. The first-order valence-corrected chi connectivity index (χ1v) is 6.93. The summed E-state index contributed by atoms with van der Waals surface area (Å²) in [5.74, 6) is 4.53. The summed E-state index contributed by atoms with van der Waals surface area (Å²) in [6.07, 6.45) is 0. The van der Waals surface area contributed by atoms with Gasteiger partial charge < -0.3 is 26.6 Å². The van der Waals surface area contributed by atoms with Gasteiger partial charge in [-0.15, -0.1) is 19.7 Å². The topological polar surface area (TPSA) is 55.4 Å². The predicted octanol–water partition coefficient (Wildman–Crippen LogP) is 2.21. The summed E-state index contributed by atoms with van der Waals surface area (Å²) in [6, 6.07) is 0. The fourth-order valence-corrected chi connectivity index (χ4v) is 2.82. The van der Waals surface area contributed by atoms with Gasteiger partial charge in [0.05, 0.1) is 0 Å². The van der Waals surface area contributed by atoms with Gasteiger partial charge in [0.2, 0.25) is 0 Å². The van der Waals surface area contributed by atoms with Crippen LogP contribution in [0, 0.1) is 0 Å². The highest BCUT2D eigenvalue weighted by Crippen LogP contribution is 2.55. The van der Waals surface area contributed by atoms with Crippen LogP contribution in [0.5, 0.6) is 0 Å². The minimum Gasteiger partial charge on any atom is -0.341 e. The van der Waals surface area contributed by atoms with Crippen molar-refractivity contribution in [2.45, 2.75) is 0 Å². The van der Waals surface area contributed by atoms with Crippen molar-refractivity contribution in [3.8, 4) is 0 Å². The van der Waals surface area contributed by atoms with Crippen LogP contribution in [0.25, 0.3) is 0 Å². The molecule has 0 aromatic heterocycles. The molecule has 88 valence electrons. The molecule has 11 heteroatoms. The molecule has 2 fully saturated rings. The second-order valence-corrected chi connectivity index (χ2v) is 5.05. The molecule has 2 saturated heterocycles. The van der Waals surface area contributed by atoms with E-state index < -0.39 is 38.6 Å². The summed E-state index contributed by atoms with van der Waals surface area (Å²) >= 11 is 0. The summed E-state index contributed by atoms with van der Waals surface area (Å²) in [5, 5.41) is 0. The Kier molecular flexibility index (Phi) is 4.97. The first kappa shape index (κ1) is 13.5. The number of hydrogen-bond donors (Lipinski definition) is 0. The zero-order valence-corrected chi connectivity index (χ0v) is 10.7. The normalized spacial score (nSPS) is 20.5. The summed E-state index contributed by atoms with van der Waals surface area (Å²) < 4.78 is 31.3. The molecule has 2 heterocycles. The van der Waals surface area contributed by atoms with Crippen molar-refractivity contribution < 1.29 is 26.6 Å².